The number of nitrogens with one attached hydrogen (secondary N) is 1. The molecule has 0 bridgehead atoms. The van der Waals surface area contributed by atoms with Crippen molar-refractivity contribution in [2.75, 3.05) is 13.1 Å². The lowest BCUT2D eigenvalue weighted by Gasteiger charge is -2.23. The number of nitrogens with zero attached hydrogens (tertiary/aromatic N) is 1. The van der Waals surface area contributed by atoms with Gasteiger partial charge in [-0.3, -0.25) is 0 Å². The van der Waals surface area contributed by atoms with Crippen molar-refractivity contribution in [3.63, 3.8) is 0 Å². The van der Waals surface area contributed by atoms with Crippen LogP contribution in [0.25, 0.3) is 0 Å². The third-order valence-corrected chi connectivity index (χ3v) is 2.46. The molecule has 14 heavy (non-hydrogen) atoms. The van der Waals surface area contributed by atoms with Crippen molar-refractivity contribution in [3.8, 4) is 0 Å². The van der Waals surface area contributed by atoms with E-state index in [0.29, 0.717) is 6.10 Å². The van der Waals surface area contributed by atoms with E-state index >= 15 is 0 Å². The Morgan fingerprint density at radius 2 is 2.00 bits per heavy atom. The normalized spacial score (nSPS) is 19.4. The minimum Gasteiger partial charge on any atom is -0.462 e. The Labute approximate surface area is 86.9 Å². The van der Waals surface area contributed by atoms with Gasteiger partial charge in [0.25, 0.3) is 6.02 Å². The zero-order valence-electron chi connectivity index (χ0n) is 9.38. The molecule has 0 aromatic carbocycles. The second kappa shape index (κ2) is 6.68. The highest BCUT2D eigenvalue weighted by Crippen LogP contribution is 2.20. The van der Waals surface area contributed by atoms with E-state index in [-0.39, 0.29) is 0 Å². The summed E-state index contributed by atoms with van der Waals surface area (Å²) in [4.78, 5) is 4.29. The Kier molecular flexibility index (Phi) is 5.42. The van der Waals surface area contributed by atoms with Crippen molar-refractivity contribution in [3.05, 3.63) is 0 Å². The highest BCUT2D eigenvalue weighted by Gasteiger charge is 2.15. The monoisotopic (exact) mass is 198 g/mol. The first-order valence-corrected chi connectivity index (χ1v) is 5.81. The second-order valence-corrected chi connectivity index (χ2v) is 3.69. The molecule has 0 heterocycles. The van der Waals surface area contributed by atoms with Crippen molar-refractivity contribution in [2.24, 2.45) is 4.99 Å². The van der Waals surface area contributed by atoms with Gasteiger partial charge in [0.15, 0.2) is 0 Å². The minimum atomic E-state index is 0.396. The standard InChI is InChI=1S/C11H22N2O/c1-3-12-11(13-4-2)14-10-8-6-5-7-9-10/h10H,3-9H2,1-2H3,(H,12,13). The minimum absolute atomic E-state index is 0.396. The van der Waals surface area contributed by atoms with Gasteiger partial charge in [-0.25, -0.2) is 4.99 Å². The second-order valence-electron chi connectivity index (χ2n) is 3.69. The molecular weight excluding hydrogens is 176 g/mol. The van der Waals surface area contributed by atoms with Gasteiger partial charge in [-0.05, 0) is 39.5 Å². The van der Waals surface area contributed by atoms with Crippen molar-refractivity contribution in [1.82, 2.24) is 5.32 Å². The molecular formula is C11H22N2O. The van der Waals surface area contributed by atoms with Gasteiger partial charge in [0, 0.05) is 13.1 Å². The number of rotatable bonds is 3. The predicted molar refractivity (Wildman–Crippen MR) is 59.6 cm³/mol. The molecule has 1 aliphatic carbocycles. The molecule has 1 aliphatic rings. The average molecular weight is 198 g/mol. The van der Waals surface area contributed by atoms with E-state index in [1.165, 1.54) is 32.1 Å². The SMILES string of the molecule is CCN=C(NCC)OC1CCCCC1. The summed E-state index contributed by atoms with van der Waals surface area (Å²) in [5.74, 6) is 0. The van der Waals surface area contributed by atoms with E-state index in [2.05, 4.69) is 17.2 Å². The van der Waals surface area contributed by atoms with Gasteiger partial charge in [-0.2, -0.15) is 0 Å². The summed E-state index contributed by atoms with van der Waals surface area (Å²) in [7, 11) is 0. The molecule has 0 aromatic heterocycles. The summed E-state index contributed by atoms with van der Waals surface area (Å²) in [5, 5.41) is 3.16. The molecule has 0 radical (unpaired) electrons. The van der Waals surface area contributed by atoms with Crippen LogP contribution in [0, 0.1) is 0 Å². The van der Waals surface area contributed by atoms with E-state index in [4.69, 9.17) is 4.74 Å². The highest BCUT2D eigenvalue weighted by molar-refractivity contribution is 5.73. The maximum absolute atomic E-state index is 5.81. The van der Waals surface area contributed by atoms with Crippen LogP contribution < -0.4 is 5.32 Å². The van der Waals surface area contributed by atoms with Crippen LogP contribution in [0.2, 0.25) is 0 Å². The first kappa shape index (κ1) is 11.3. The third kappa shape index (κ3) is 3.99. The maximum Gasteiger partial charge on any atom is 0.284 e. The lowest BCUT2D eigenvalue weighted by Crippen LogP contribution is -2.31. The fraction of sp³-hybridized carbons (Fsp3) is 0.909. The molecule has 0 aromatic rings. The van der Waals surface area contributed by atoms with Crippen LogP contribution in [-0.2, 0) is 4.74 Å². The predicted octanol–water partition coefficient (Wildman–Crippen LogP) is 2.32. The molecule has 0 aliphatic heterocycles. The van der Waals surface area contributed by atoms with Gasteiger partial charge in [-0.1, -0.05) is 6.42 Å². The Hall–Kier alpha value is -0.730. The first-order valence-electron chi connectivity index (χ1n) is 5.81. The lowest BCUT2D eigenvalue weighted by atomic mass is 9.98. The van der Waals surface area contributed by atoms with Crippen LogP contribution in [0.15, 0.2) is 4.99 Å². The van der Waals surface area contributed by atoms with Gasteiger partial charge >= 0.3 is 0 Å². The van der Waals surface area contributed by atoms with Crippen molar-refractivity contribution in [1.29, 1.82) is 0 Å². The Morgan fingerprint density at radius 3 is 2.57 bits per heavy atom. The Bertz CT molecular complexity index is 174. The quantitative estimate of drug-likeness (QED) is 0.558. The molecule has 0 spiro atoms. The highest BCUT2D eigenvalue weighted by atomic mass is 16.5. The molecule has 0 saturated heterocycles. The Balaban J connectivity index is 2.33. The van der Waals surface area contributed by atoms with Gasteiger partial charge in [0.05, 0.1) is 0 Å². The molecule has 0 amide bonds. The van der Waals surface area contributed by atoms with Gasteiger partial charge in [-0.15, -0.1) is 0 Å². The molecule has 1 N–H and O–H groups in total. The topological polar surface area (TPSA) is 33.6 Å². The molecule has 0 atom stereocenters. The lowest BCUT2D eigenvalue weighted by molar-refractivity contribution is 0.135. The molecule has 3 nitrogen and oxygen atoms in total. The molecule has 3 heteroatoms. The summed E-state index contributed by atoms with van der Waals surface area (Å²) >= 11 is 0. The number of amidine groups is 1. The molecule has 1 fully saturated rings. The molecule has 82 valence electrons. The summed E-state index contributed by atoms with van der Waals surface area (Å²) in [5.41, 5.74) is 0. The van der Waals surface area contributed by atoms with Crippen LogP contribution in [0.5, 0.6) is 0 Å². The average Bonchev–Trinajstić information content (AvgIpc) is 2.20. The van der Waals surface area contributed by atoms with E-state index in [1.54, 1.807) is 0 Å². The number of hydrogen-bond acceptors (Lipinski definition) is 2. The summed E-state index contributed by atoms with van der Waals surface area (Å²) in [6.07, 6.45) is 6.74. The van der Waals surface area contributed by atoms with Crippen molar-refractivity contribution in [2.45, 2.75) is 52.1 Å². The van der Waals surface area contributed by atoms with E-state index in [0.717, 1.165) is 19.1 Å². The van der Waals surface area contributed by atoms with Crippen LogP contribution >= 0.6 is 0 Å². The van der Waals surface area contributed by atoms with E-state index < -0.39 is 0 Å². The van der Waals surface area contributed by atoms with Crippen LogP contribution in [0.1, 0.15) is 46.0 Å². The van der Waals surface area contributed by atoms with Crippen LogP contribution in [0.3, 0.4) is 0 Å². The fourth-order valence-electron chi connectivity index (χ4n) is 1.77. The van der Waals surface area contributed by atoms with Gasteiger partial charge in [0.2, 0.25) is 0 Å². The molecule has 1 saturated carbocycles. The van der Waals surface area contributed by atoms with Crippen molar-refractivity contribution >= 4 is 6.02 Å². The number of aliphatic imine (C=N–C) groups is 1. The zero-order chi connectivity index (χ0) is 10.2. The number of ether oxygens (including phenoxy) is 1. The fourth-order valence-corrected chi connectivity index (χ4v) is 1.77. The van der Waals surface area contributed by atoms with Crippen LogP contribution in [0.4, 0.5) is 0 Å². The van der Waals surface area contributed by atoms with Gasteiger partial charge in [0.1, 0.15) is 6.10 Å². The van der Waals surface area contributed by atoms with E-state index in [9.17, 15) is 0 Å². The zero-order valence-corrected chi connectivity index (χ0v) is 9.38. The summed E-state index contributed by atoms with van der Waals surface area (Å²) in [6, 6.07) is 0.738. The third-order valence-electron chi connectivity index (χ3n) is 2.46. The largest absolute Gasteiger partial charge is 0.462 e. The summed E-state index contributed by atoms with van der Waals surface area (Å²) in [6.45, 7) is 5.76. The number of hydrogen-bond donors (Lipinski definition) is 1. The van der Waals surface area contributed by atoms with Gasteiger partial charge < -0.3 is 10.1 Å². The van der Waals surface area contributed by atoms with Crippen LogP contribution in [-0.4, -0.2) is 25.2 Å². The smallest absolute Gasteiger partial charge is 0.284 e. The molecule has 1 rings (SSSR count). The molecule has 0 unspecified atom stereocenters. The van der Waals surface area contributed by atoms with Crippen molar-refractivity contribution < 1.29 is 4.74 Å². The first-order chi connectivity index (χ1) is 6.86. The van der Waals surface area contributed by atoms with E-state index in [1.807, 2.05) is 6.92 Å². The Morgan fingerprint density at radius 1 is 1.29 bits per heavy atom. The maximum atomic E-state index is 5.81. The summed E-state index contributed by atoms with van der Waals surface area (Å²) < 4.78 is 5.81.